The number of carbonyl (C=O) groups is 1. The van der Waals surface area contributed by atoms with E-state index in [9.17, 15) is 9.59 Å². The zero-order valence-electron chi connectivity index (χ0n) is 17.9. The summed E-state index contributed by atoms with van der Waals surface area (Å²) in [5, 5.41) is 19.2. The molecule has 172 valence electrons. The molecule has 1 unspecified atom stereocenters. The molecule has 1 aliphatic rings. The highest BCUT2D eigenvalue weighted by molar-refractivity contribution is 8.15. The lowest BCUT2D eigenvalue weighted by molar-refractivity contribution is -0.118. The fourth-order valence-corrected chi connectivity index (χ4v) is 4.22. The number of hydrogen-bond acceptors (Lipinski definition) is 8. The Morgan fingerprint density at radius 3 is 2.54 bits per heavy atom. The summed E-state index contributed by atoms with van der Waals surface area (Å²) in [5.41, 5.74) is 1.43. The standard InChI is InChI=1S/C24H16ClN7O2S/c25-17-11-5-7-13-19(17)29-30-22-21(33)28-24(35-22)31-26-14-20-27-18-12-6-4-10-16(18)23(34)32(20)15-8-2-1-3-9-15/h1-14,22H,(H,28,31,33)/b26-14+,30-29?. The van der Waals surface area contributed by atoms with Crippen LogP contribution in [-0.4, -0.2) is 32.2 Å². The summed E-state index contributed by atoms with van der Waals surface area (Å²) in [7, 11) is 0. The monoisotopic (exact) mass is 501 g/mol. The van der Waals surface area contributed by atoms with Gasteiger partial charge in [-0.05, 0) is 48.2 Å². The lowest BCUT2D eigenvalue weighted by atomic mass is 10.2. The minimum Gasteiger partial charge on any atom is -0.301 e. The molecule has 1 aliphatic heterocycles. The van der Waals surface area contributed by atoms with Crippen molar-refractivity contribution < 1.29 is 4.79 Å². The van der Waals surface area contributed by atoms with Crippen LogP contribution in [0.2, 0.25) is 5.02 Å². The summed E-state index contributed by atoms with van der Waals surface area (Å²) in [6.45, 7) is 0. The van der Waals surface area contributed by atoms with E-state index in [0.29, 0.717) is 33.1 Å². The second kappa shape index (κ2) is 10.00. The van der Waals surface area contributed by atoms with Crippen LogP contribution in [0, 0.1) is 0 Å². The second-order valence-corrected chi connectivity index (χ2v) is 8.72. The van der Waals surface area contributed by atoms with Gasteiger partial charge in [-0.1, -0.05) is 54.1 Å². The first-order chi connectivity index (χ1) is 17.1. The smallest absolute Gasteiger partial charge is 0.266 e. The molecule has 1 N–H and O–H groups in total. The van der Waals surface area contributed by atoms with E-state index in [-0.39, 0.29) is 16.6 Å². The van der Waals surface area contributed by atoms with Gasteiger partial charge < -0.3 is 5.32 Å². The van der Waals surface area contributed by atoms with Gasteiger partial charge in [0.2, 0.25) is 5.37 Å². The van der Waals surface area contributed by atoms with Gasteiger partial charge in [0, 0.05) is 0 Å². The highest BCUT2D eigenvalue weighted by atomic mass is 35.5. The predicted molar refractivity (Wildman–Crippen MR) is 138 cm³/mol. The van der Waals surface area contributed by atoms with Gasteiger partial charge in [-0.3, -0.25) is 14.2 Å². The number of amides is 1. The summed E-state index contributed by atoms with van der Waals surface area (Å²) < 4.78 is 1.47. The Kier molecular flexibility index (Phi) is 6.47. The fraction of sp³-hybridized carbons (Fsp3) is 0.0417. The first-order valence-corrected chi connectivity index (χ1v) is 11.7. The first-order valence-electron chi connectivity index (χ1n) is 10.4. The molecule has 0 bridgehead atoms. The molecule has 5 rings (SSSR count). The van der Waals surface area contributed by atoms with Crippen molar-refractivity contribution in [2.45, 2.75) is 5.37 Å². The van der Waals surface area contributed by atoms with Crippen LogP contribution in [-0.2, 0) is 4.79 Å². The first kappa shape index (κ1) is 22.6. The topological polar surface area (TPSA) is 113 Å². The van der Waals surface area contributed by atoms with E-state index in [1.165, 1.54) is 10.8 Å². The number of fused-ring (bicyclic) bond motifs is 1. The number of hydrogen-bond donors (Lipinski definition) is 1. The van der Waals surface area contributed by atoms with Crippen LogP contribution in [0.3, 0.4) is 0 Å². The van der Waals surface area contributed by atoms with E-state index in [4.69, 9.17) is 11.6 Å². The van der Waals surface area contributed by atoms with Crippen molar-refractivity contribution in [3.63, 3.8) is 0 Å². The zero-order valence-corrected chi connectivity index (χ0v) is 19.5. The Morgan fingerprint density at radius 2 is 1.71 bits per heavy atom. The minimum absolute atomic E-state index is 0.223. The van der Waals surface area contributed by atoms with Crippen molar-refractivity contribution in [1.29, 1.82) is 0 Å². The van der Waals surface area contributed by atoms with Crippen molar-refractivity contribution in [3.8, 4) is 5.69 Å². The average Bonchev–Trinajstić information content (AvgIpc) is 3.23. The molecule has 1 aromatic heterocycles. The van der Waals surface area contributed by atoms with Crippen LogP contribution in [0.15, 0.2) is 104 Å². The molecule has 4 aromatic rings. The maximum Gasteiger partial charge on any atom is 0.266 e. The highest BCUT2D eigenvalue weighted by Gasteiger charge is 2.30. The highest BCUT2D eigenvalue weighted by Crippen LogP contribution is 2.27. The van der Waals surface area contributed by atoms with Crippen LogP contribution in [0.1, 0.15) is 5.82 Å². The van der Waals surface area contributed by atoms with Gasteiger partial charge in [0.25, 0.3) is 11.5 Å². The quantitative estimate of drug-likeness (QED) is 0.242. The number of carbonyl (C=O) groups excluding carboxylic acids is 1. The number of halogens is 1. The SMILES string of the molecule is O=C1N/C(=N/N=C/c2nc3ccccc3c(=O)n2-c2ccccc2)SC1N=Nc1ccccc1Cl. The van der Waals surface area contributed by atoms with Gasteiger partial charge in [0.05, 0.1) is 27.8 Å². The number of nitrogens with zero attached hydrogens (tertiary/aromatic N) is 6. The van der Waals surface area contributed by atoms with Crippen LogP contribution in [0.5, 0.6) is 0 Å². The second-order valence-electron chi connectivity index (χ2n) is 7.24. The van der Waals surface area contributed by atoms with E-state index >= 15 is 0 Å². The third-order valence-corrected chi connectivity index (χ3v) is 6.20. The average molecular weight is 502 g/mol. The molecule has 0 radical (unpaired) electrons. The fourth-order valence-electron chi connectivity index (χ4n) is 3.32. The number of aromatic nitrogens is 2. The number of benzene rings is 3. The molecule has 1 saturated heterocycles. The van der Waals surface area contributed by atoms with E-state index in [1.807, 2.05) is 36.4 Å². The minimum atomic E-state index is -0.818. The number of azo groups is 1. The Hall–Kier alpha value is -4.15. The Bertz CT molecular complexity index is 1570. The number of amidine groups is 1. The van der Waals surface area contributed by atoms with Gasteiger partial charge in [0.15, 0.2) is 11.0 Å². The van der Waals surface area contributed by atoms with Crippen molar-refractivity contribution >= 4 is 57.2 Å². The molecule has 0 spiro atoms. The van der Waals surface area contributed by atoms with Gasteiger partial charge in [-0.15, -0.1) is 5.10 Å². The van der Waals surface area contributed by atoms with E-state index in [1.54, 1.807) is 42.5 Å². The molecule has 1 fully saturated rings. The Labute approximate surface area is 208 Å². The number of para-hydroxylation sites is 2. The van der Waals surface area contributed by atoms with E-state index < -0.39 is 5.37 Å². The van der Waals surface area contributed by atoms with Crippen LogP contribution in [0.4, 0.5) is 5.69 Å². The molecule has 2 heterocycles. The molecule has 1 atom stereocenters. The van der Waals surface area contributed by atoms with Crippen LogP contribution in [0.25, 0.3) is 16.6 Å². The van der Waals surface area contributed by atoms with E-state index in [0.717, 1.165) is 11.8 Å². The maximum atomic E-state index is 13.2. The van der Waals surface area contributed by atoms with Gasteiger partial charge in [0.1, 0.15) is 5.69 Å². The molecule has 9 nitrogen and oxygen atoms in total. The van der Waals surface area contributed by atoms with Crippen molar-refractivity contribution in [3.05, 3.63) is 100 Å². The maximum absolute atomic E-state index is 13.2. The molecule has 0 aliphatic carbocycles. The Balaban J connectivity index is 1.42. The predicted octanol–water partition coefficient (Wildman–Crippen LogP) is 4.70. The van der Waals surface area contributed by atoms with Gasteiger partial charge in [-0.25, -0.2) is 4.98 Å². The lowest BCUT2D eigenvalue weighted by Gasteiger charge is -2.10. The molecule has 0 saturated carbocycles. The van der Waals surface area contributed by atoms with Crippen molar-refractivity contribution in [1.82, 2.24) is 14.9 Å². The van der Waals surface area contributed by atoms with Crippen molar-refractivity contribution in [2.24, 2.45) is 20.4 Å². The molecule has 3 aromatic carbocycles. The van der Waals surface area contributed by atoms with Crippen LogP contribution >= 0.6 is 23.4 Å². The zero-order chi connectivity index (χ0) is 24.2. The summed E-state index contributed by atoms with van der Waals surface area (Å²) in [6.07, 6.45) is 1.37. The van der Waals surface area contributed by atoms with E-state index in [2.05, 4.69) is 30.7 Å². The molecule has 1 amide bonds. The van der Waals surface area contributed by atoms with Crippen LogP contribution < -0.4 is 10.9 Å². The third kappa shape index (κ3) is 4.88. The normalized spacial score (nSPS) is 17.1. The lowest BCUT2D eigenvalue weighted by Crippen LogP contribution is -2.24. The Morgan fingerprint density at radius 1 is 0.971 bits per heavy atom. The summed E-state index contributed by atoms with van der Waals surface area (Å²) in [6, 6.07) is 23.2. The third-order valence-electron chi connectivity index (χ3n) is 4.94. The number of rotatable bonds is 5. The van der Waals surface area contributed by atoms with Gasteiger partial charge >= 0.3 is 0 Å². The summed E-state index contributed by atoms with van der Waals surface area (Å²) in [4.78, 5) is 30.0. The molecular weight excluding hydrogens is 486 g/mol. The largest absolute Gasteiger partial charge is 0.301 e. The number of thioether (sulfide) groups is 1. The summed E-state index contributed by atoms with van der Waals surface area (Å²) >= 11 is 7.14. The number of nitrogens with one attached hydrogen (secondary N) is 1. The van der Waals surface area contributed by atoms with Crippen molar-refractivity contribution in [2.75, 3.05) is 0 Å². The summed E-state index contributed by atoms with van der Waals surface area (Å²) in [5.74, 6) is -0.0710. The molecular formula is C24H16ClN7O2S. The molecule has 35 heavy (non-hydrogen) atoms. The molecule has 11 heteroatoms. The van der Waals surface area contributed by atoms with Gasteiger partial charge in [-0.2, -0.15) is 15.3 Å².